The number of nitrogens with zero attached hydrogens (tertiary/aromatic N) is 2. The van der Waals surface area contributed by atoms with Crippen molar-refractivity contribution in [2.45, 2.75) is 57.2 Å². The standard InChI is InChI=1S/C30H35F5N2O3/c31-26-24(21-4-6-22(7-5-21)28(39)37-14-1-3-23(38)17-37)8-9-25(27(26)32)40-18-20-10-15-36(16-11-20)19-29(12-2-13-29)30(33,34)35/h4-9,20,23,38H,1-3,10-19H2. The van der Waals surface area contributed by atoms with Gasteiger partial charge in [-0.3, -0.25) is 4.79 Å². The minimum atomic E-state index is -4.18. The molecule has 1 N–H and O–H groups in total. The van der Waals surface area contributed by atoms with Crippen LogP contribution in [0.2, 0.25) is 0 Å². The Morgan fingerprint density at radius 2 is 1.65 bits per heavy atom. The molecule has 218 valence electrons. The van der Waals surface area contributed by atoms with Crippen LogP contribution in [0.4, 0.5) is 22.0 Å². The first kappa shape index (κ1) is 28.8. The van der Waals surface area contributed by atoms with Crippen molar-refractivity contribution >= 4 is 5.91 Å². The van der Waals surface area contributed by atoms with Crippen molar-refractivity contribution in [3.05, 3.63) is 53.6 Å². The zero-order valence-corrected chi connectivity index (χ0v) is 22.4. The van der Waals surface area contributed by atoms with E-state index >= 15 is 0 Å². The van der Waals surface area contributed by atoms with E-state index in [1.54, 1.807) is 29.2 Å². The molecule has 0 spiro atoms. The number of hydrogen-bond acceptors (Lipinski definition) is 4. The summed E-state index contributed by atoms with van der Waals surface area (Å²) in [5.74, 6) is -2.52. The number of halogens is 5. The maximum Gasteiger partial charge on any atom is 0.395 e. The predicted molar refractivity (Wildman–Crippen MR) is 140 cm³/mol. The van der Waals surface area contributed by atoms with Gasteiger partial charge < -0.3 is 19.6 Å². The molecule has 1 unspecified atom stereocenters. The van der Waals surface area contributed by atoms with Gasteiger partial charge in [0.1, 0.15) is 0 Å². The zero-order chi connectivity index (χ0) is 28.5. The van der Waals surface area contributed by atoms with Gasteiger partial charge in [0, 0.05) is 30.8 Å². The van der Waals surface area contributed by atoms with Gasteiger partial charge in [-0.1, -0.05) is 18.6 Å². The Morgan fingerprint density at radius 1 is 0.950 bits per heavy atom. The van der Waals surface area contributed by atoms with Gasteiger partial charge in [0.2, 0.25) is 5.82 Å². The SMILES string of the molecule is O=C(c1ccc(-c2ccc(OCC3CCN(CC4(C(F)(F)F)CCC4)CC3)c(F)c2F)cc1)N1CCCC(O)C1. The number of ether oxygens (including phenoxy) is 1. The third kappa shape index (κ3) is 5.98. The Morgan fingerprint density at radius 3 is 2.25 bits per heavy atom. The Kier molecular flexibility index (Phi) is 8.38. The van der Waals surface area contributed by atoms with Crippen LogP contribution in [0.5, 0.6) is 5.75 Å². The second-order valence-electron chi connectivity index (χ2n) is 11.5. The van der Waals surface area contributed by atoms with E-state index in [-0.39, 0.29) is 55.7 Å². The zero-order valence-electron chi connectivity index (χ0n) is 22.4. The minimum Gasteiger partial charge on any atom is -0.490 e. The smallest absolute Gasteiger partial charge is 0.395 e. The van der Waals surface area contributed by atoms with Crippen molar-refractivity contribution in [3.8, 4) is 16.9 Å². The number of likely N-dealkylation sites (tertiary alicyclic amines) is 2. The van der Waals surface area contributed by atoms with Crippen LogP contribution in [0, 0.1) is 23.0 Å². The van der Waals surface area contributed by atoms with Gasteiger partial charge in [-0.05, 0) is 87.4 Å². The first-order valence-corrected chi connectivity index (χ1v) is 14.0. The number of hydrogen-bond donors (Lipinski definition) is 1. The second-order valence-corrected chi connectivity index (χ2v) is 11.5. The summed E-state index contributed by atoms with van der Waals surface area (Å²) in [6.45, 7) is 2.09. The highest BCUT2D eigenvalue weighted by molar-refractivity contribution is 5.94. The molecule has 1 saturated carbocycles. The maximum absolute atomic E-state index is 15.0. The Balaban J connectivity index is 1.15. The van der Waals surface area contributed by atoms with Crippen LogP contribution in [0.1, 0.15) is 55.3 Å². The van der Waals surface area contributed by atoms with Crippen LogP contribution in [0.15, 0.2) is 36.4 Å². The number of benzene rings is 2. The average molecular weight is 567 g/mol. The Labute approximate surface area is 230 Å². The molecule has 2 aromatic carbocycles. The second kappa shape index (κ2) is 11.6. The van der Waals surface area contributed by atoms with E-state index in [1.807, 2.05) is 4.90 Å². The lowest BCUT2D eigenvalue weighted by atomic mass is 9.67. The van der Waals surface area contributed by atoms with Gasteiger partial charge in [-0.2, -0.15) is 17.6 Å². The quantitative estimate of drug-likeness (QED) is 0.415. The predicted octanol–water partition coefficient (Wildman–Crippen LogP) is 6.05. The third-order valence-corrected chi connectivity index (χ3v) is 8.79. The number of aliphatic hydroxyl groups is 1. The molecule has 3 aliphatic rings. The highest BCUT2D eigenvalue weighted by Gasteiger charge is 2.58. The summed E-state index contributed by atoms with van der Waals surface area (Å²) in [5.41, 5.74) is -0.717. The molecule has 0 aromatic heterocycles. The molecular formula is C30H35F5N2O3. The number of aliphatic hydroxyl groups excluding tert-OH is 1. The van der Waals surface area contributed by atoms with Crippen molar-refractivity contribution in [2.75, 3.05) is 39.3 Å². The summed E-state index contributed by atoms with van der Waals surface area (Å²) in [4.78, 5) is 16.2. The van der Waals surface area contributed by atoms with Gasteiger partial charge in [-0.25, -0.2) is 4.39 Å². The number of alkyl halides is 3. The van der Waals surface area contributed by atoms with Crippen LogP contribution in [-0.2, 0) is 0 Å². The maximum atomic E-state index is 15.0. The highest BCUT2D eigenvalue weighted by Crippen LogP contribution is 2.53. The van der Waals surface area contributed by atoms with E-state index < -0.39 is 29.3 Å². The molecular weight excluding hydrogens is 531 g/mol. The van der Waals surface area contributed by atoms with Gasteiger partial charge in [-0.15, -0.1) is 0 Å². The summed E-state index contributed by atoms with van der Waals surface area (Å²) in [6, 6.07) is 9.06. The van der Waals surface area contributed by atoms with Crippen LogP contribution in [0.25, 0.3) is 11.1 Å². The summed E-state index contributed by atoms with van der Waals surface area (Å²) in [7, 11) is 0. The van der Waals surface area contributed by atoms with E-state index in [1.165, 1.54) is 12.1 Å². The van der Waals surface area contributed by atoms with Crippen molar-refractivity contribution in [1.29, 1.82) is 0 Å². The molecule has 10 heteroatoms. The first-order chi connectivity index (χ1) is 19.1. The normalized spacial score (nSPS) is 22.1. The number of rotatable bonds is 7. The molecule has 1 atom stereocenters. The fraction of sp³-hybridized carbons (Fsp3) is 0.567. The highest BCUT2D eigenvalue weighted by atomic mass is 19.4. The molecule has 2 saturated heterocycles. The van der Waals surface area contributed by atoms with Gasteiger partial charge in [0.05, 0.1) is 18.1 Å². The summed E-state index contributed by atoms with van der Waals surface area (Å²) < 4.78 is 76.0. The molecule has 2 aromatic rings. The molecule has 3 fully saturated rings. The molecule has 0 bridgehead atoms. The van der Waals surface area contributed by atoms with Crippen LogP contribution < -0.4 is 4.74 Å². The van der Waals surface area contributed by atoms with Crippen molar-refractivity contribution in [1.82, 2.24) is 9.80 Å². The number of carbonyl (C=O) groups excluding carboxylic acids is 1. The molecule has 1 aliphatic carbocycles. The summed E-state index contributed by atoms with van der Waals surface area (Å²) >= 11 is 0. The molecule has 5 nitrogen and oxygen atoms in total. The van der Waals surface area contributed by atoms with Crippen LogP contribution in [-0.4, -0.2) is 72.4 Å². The van der Waals surface area contributed by atoms with E-state index in [0.29, 0.717) is 56.4 Å². The topological polar surface area (TPSA) is 53.0 Å². The lowest BCUT2D eigenvalue weighted by Gasteiger charge is -2.47. The van der Waals surface area contributed by atoms with Gasteiger partial charge >= 0.3 is 6.18 Å². The lowest BCUT2D eigenvalue weighted by Crippen LogP contribution is -2.53. The molecule has 40 heavy (non-hydrogen) atoms. The Hall–Kier alpha value is -2.72. The van der Waals surface area contributed by atoms with Crippen LogP contribution >= 0.6 is 0 Å². The van der Waals surface area contributed by atoms with E-state index in [9.17, 15) is 31.9 Å². The molecule has 5 rings (SSSR count). The number of amides is 1. The summed E-state index contributed by atoms with van der Waals surface area (Å²) in [5, 5.41) is 9.82. The van der Waals surface area contributed by atoms with E-state index in [2.05, 4.69) is 0 Å². The third-order valence-electron chi connectivity index (χ3n) is 8.79. The fourth-order valence-electron chi connectivity index (χ4n) is 6.06. The lowest BCUT2D eigenvalue weighted by molar-refractivity contribution is -0.256. The minimum absolute atomic E-state index is 0.0297. The number of carbonyl (C=O) groups is 1. The van der Waals surface area contributed by atoms with Crippen LogP contribution in [0.3, 0.4) is 0 Å². The van der Waals surface area contributed by atoms with Crippen molar-refractivity contribution in [3.63, 3.8) is 0 Å². The molecule has 0 radical (unpaired) electrons. The Bertz CT molecular complexity index is 1190. The van der Waals surface area contributed by atoms with Gasteiger partial charge in [0.15, 0.2) is 11.6 Å². The fourth-order valence-corrected chi connectivity index (χ4v) is 6.06. The largest absolute Gasteiger partial charge is 0.490 e. The average Bonchev–Trinajstić information content (AvgIpc) is 2.91. The van der Waals surface area contributed by atoms with Crippen molar-refractivity contribution in [2.24, 2.45) is 11.3 Å². The van der Waals surface area contributed by atoms with E-state index in [4.69, 9.17) is 4.74 Å². The molecule has 2 heterocycles. The van der Waals surface area contributed by atoms with Crippen molar-refractivity contribution < 1.29 is 36.6 Å². The van der Waals surface area contributed by atoms with E-state index in [0.717, 1.165) is 6.42 Å². The van der Waals surface area contributed by atoms with Gasteiger partial charge in [0.25, 0.3) is 5.91 Å². The number of piperidine rings is 2. The number of β-amino-alcohol motifs (C(OH)–C–C–N with tert-alkyl or cyclic N) is 1. The summed E-state index contributed by atoms with van der Waals surface area (Å²) in [6.07, 6.45) is -1.07. The molecule has 2 aliphatic heterocycles. The first-order valence-electron chi connectivity index (χ1n) is 14.0. The monoisotopic (exact) mass is 566 g/mol. The molecule has 1 amide bonds.